The minimum Gasteiger partial charge on any atom is -0.508 e. The van der Waals surface area contributed by atoms with E-state index in [-0.39, 0.29) is 23.5 Å². The van der Waals surface area contributed by atoms with Gasteiger partial charge >= 0.3 is 5.97 Å². The highest BCUT2D eigenvalue weighted by Crippen LogP contribution is 2.26. The van der Waals surface area contributed by atoms with E-state index >= 15 is 0 Å². The van der Waals surface area contributed by atoms with Gasteiger partial charge in [0.2, 0.25) is 0 Å². The second-order valence-electron chi connectivity index (χ2n) is 4.10. The minimum atomic E-state index is -1.03. The molecule has 3 N–H and O–H groups in total. The third-order valence-corrected chi connectivity index (χ3v) is 2.54. The van der Waals surface area contributed by atoms with Gasteiger partial charge in [0.25, 0.3) is 0 Å². The number of benzene rings is 2. The Labute approximate surface area is 114 Å². The van der Waals surface area contributed by atoms with Crippen molar-refractivity contribution in [1.82, 2.24) is 0 Å². The molecule has 0 fully saturated rings. The van der Waals surface area contributed by atoms with Gasteiger partial charge in [-0.1, -0.05) is 0 Å². The van der Waals surface area contributed by atoms with Crippen LogP contribution in [0, 0.1) is 0 Å². The smallest absolute Gasteiger partial charge is 0.307 e. The van der Waals surface area contributed by atoms with Crippen molar-refractivity contribution >= 4 is 17.3 Å². The van der Waals surface area contributed by atoms with Crippen LogP contribution in [0.15, 0.2) is 52.7 Å². The summed E-state index contributed by atoms with van der Waals surface area (Å²) in [6, 6.07) is 10.5. The molecule has 0 aromatic heterocycles. The van der Waals surface area contributed by atoms with Crippen molar-refractivity contribution in [3.8, 4) is 11.5 Å². The first-order valence-electron chi connectivity index (χ1n) is 5.79. The van der Waals surface area contributed by atoms with Gasteiger partial charge in [-0.3, -0.25) is 4.79 Å². The Balaban J connectivity index is 2.20. The number of phenols is 2. The van der Waals surface area contributed by atoms with Crippen molar-refractivity contribution in [3.05, 3.63) is 48.0 Å². The van der Waals surface area contributed by atoms with Crippen molar-refractivity contribution in [2.24, 2.45) is 10.2 Å². The average Bonchev–Trinajstić information content (AvgIpc) is 2.41. The van der Waals surface area contributed by atoms with Gasteiger partial charge in [0, 0.05) is 5.56 Å². The van der Waals surface area contributed by atoms with Crippen molar-refractivity contribution in [3.63, 3.8) is 0 Å². The number of carbonyl (C=O) groups is 1. The number of carboxylic acids is 1. The summed E-state index contributed by atoms with van der Waals surface area (Å²) in [4.78, 5) is 10.7. The molecule has 0 heterocycles. The summed E-state index contributed by atoms with van der Waals surface area (Å²) in [6.45, 7) is 0. The standard InChI is InChI=1S/C14H12N2O4/c17-12-4-1-10(2-5-12)15-16-11-3-6-13(18)9(7-11)8-14(19)20/h1-7,17-18H,8H2,(H,19,20). The molecule has 0 aliphatic heterocycles. The third kappa shape index (κ3) is 3.55. The van der Waals surface area contributed by atoms with Gasteiger partial charge in [-0.05, 0) is 42.5 Å². The second-order valence-corrected chi connectivity index (χ2v) is 4.10. The summed E-state index contributed by atoms with van der Waals surface area (Å²) < 4.78 is 0. The van der Waals surface area contributed by atoms with Crippen molar-refractivity contribution in [1.29, 1.82) is 0 Å². The zero-order valence-corrected chi connectivity index (χ0v) is 10.4. The predicted molar refractivity (Wildman–Crippen MR) is 71.7 cm³/mol. The SMILES string of the molecule is O=C(O)Cc1cc(N=Nc2ccc(O)cc2)ccc1O. The highest BCUT2D eigenvalue weighted by molar-refractivity contribution is 5.72. The van der Waals surface area contributed by atoms with Gasteiger partial charge in [-0.2, -0.15) is 10.2 Å². The van der Waals surface area contributed by atoms with E-state index in [1.807, 2.05) is 0 Å². The number of hydrogen-bond donors (Lipinski definition) is 3. The number of aliphatic carboxylic acids is 1. The molecule has 0 saturated heterocycles. The maximum atomic E-state index is 10.7. The second kappa shape index (κ2) is 5.83. The molecule has 20 heavy (non-hydrogen) atoms. The molecule has 0 amide bonds. The Morgan fingerprint density at radius 2 is 1.55 bits per heavy atom. The first-order chi connectivity index (χ1) is 9.54. The summed E-state index contributed by atoms with van der Waals surface area (Å²) in [5.74, 6) is -0.985. The summed E-state index contributed by atoms with van der Waals surface area (Å²) in [5.41, 5.74) is 1.27. The van der Waals surface area contributed by atoms with Gasteiger partial charge in [0.1, 0.15) is 11.5 Å². The van der Waals surface area contributed by atoms with Crippen molar-refractivity contribution in [2.75, 3.05) is 0 Å². The van der Waals surface area contributed by atoms with Crippen LogP contribution in [0.2, 0.25) is 0 Å². The summed E-state index contributed by atoms with van der Waals surface area (Å²) >= 11 is 0. The molecular weight excluding hydrogens is 260 g/mol. The lowest BCUT2D eigenvalue weighted by Crippen LogP contribution is -1.99. The molecule has 0 spiro atoms. The van der Waals surface area contributed by atoms with Crippen LogP contribution < -0.4 is 0 Å². The van der Waals surface area contributed by atoms with Gasteiger partial charge in [-0.25, -0.2) is 0 Å². The monoisotopic (exact) mass is 272 g/mol. The highest BCUT2D eigenvalue weighted by atomic mass is 16.4. The zero-order valence-electron chi connectivity index (χ0n) is 10.4. The van der Waals surface area contributed by atoms with Gasteiger partial charge in [0.15, 0.2) is 0 Å². The maximum Gasteiger partial charge on any atom is 0.307 e. The lowest BCUT2D eigenvalue weighted by molar-refractivity contribution is -0.136. The number of azo groups is 1. The van der Waals surface area contributed by atoms with Crippen LogP contribution in [0.5, 0.6) is 11.5 Å². The van der Waals surface area contributed by atoms with Crippen LogP contribution in [-0.2, 0) is 11.2 Å². The van der Waals surface area contributed by atoms with E-state index in [0.29, 0.717) is 11.4 Å². The van der Waals surface area contributed by atoms with E-state index in [2.05, 4.69) is 10.2 Å². The number of nitrogens with zero attached hydrogens (tertiary/aromatic N) is 2. The topological polar surface area (TPSA) is 102 Å². The molecule has 0 radical (unpaired) electrons. The summed E-state index contributed by atoms with van der Waals surface area (Å²) in [7, 11) is 0. The van der Waals surface area contributed by atoms with Crippen LogP contribution in [-0.4, -0.2) is 21.3 Å². The molecule has 2 aromatic rings. The van der Waals surface area contributed by atoms with E-state index in [4.69, 9.17) is 10.2 Å². The molecule has 0 aliphatic rings. The molecule has 2 aromatic carbocycles. The zero-order chi connectivity index (χ0) is 14.5. The van der Waals surface area contributed by atoms with Crippen LogP contribution in [0.25, 0.3) is 0 Å². The minimum absolute atomic E-state index is 0.0871. The molecule has 0 unspecified atom stereocenters. The van der Waals surface area contributed by atoms with E-state index in [1.165, 1.54) is 30.3 Å². The number of hydrogen-bond acceptors (Lipinski definition) is 5. The normalized spacial score (nSPS) is 10.8. The summed E-state index contributed by atoms with van der Waals surface area (Å²) in [5, 5.41) is 35.3. The molecule has 6 nitrogen and oxygen atoms in total. The van der Waals surface area contributed by atoms with Gasteiger partial charge in [-0.15, -0.1) is 0 Å². The molecule has 0 atom stereocenters. The number of phenolic OH excluding ortho intramolecular Hbond substituents is 2. The number of aromatic hydroxyl groups is 2. The molecule has 0 saturated carbocycles. The third-order valence-electron chi connectivity index (χ3n) is 2.54. The molecule has 0 aliphatic carbocycles. The first-order valence-corrected chi connectivity index (χ1v) is 5.79. The first kappa shape index (κ1) is 13.5. The van der Waals surface area contributed by atoms with Crippen LogP contribution >= 0.6 is 0 Å². The Kier molecular flexibility index (Phi) is 3.95. The van der Waals surface area contributed by atoms with E-state index < -0.39 is 5.97 Å². The molecule has 6 heteroatoms. The van der Waals surface area contributed by atoms with E-state index in [0.717, 1.165) is 0 Å². The maximum absolute atomic E-state index is 10.7. The summed E-state index contributed by atoms with van der Waals surface area (Å²) in [6.07, 6.45) is -0.283. The van der Waals surface area contributed by atoms with E-state index in [1.54, 1.807) is 12.1 Å². The number of carboxylic acid groups (broad SMARTS) is 1. The lowest BCUT2D eigenvalue weighted by atomic mass is 10.1. The Hall–Kier alpha value is -2.89. The highest BCUT2D eigenvalue weighted by Gasteiger charge is 2.07. The molecule has 102 valence electrons. The molecule has 2 rings (SSSR count). The fourth-order valence-electron chi connectivity index (χ4n) is 1.57. The molecule has 0 bridgehead atoms. The Morgan fingerprint density at radius 3 is 2.20 bits per heavy atom. The largest absolute Gasteiger partial charge is 0.508 e. The Bertz CT molecular complexity index is 651. The number of rotatable bonds is 4. The quantitative estimate of drug-likeness (QED) is 0.744. The van der Waals surface area contributed by atoms with Crippen LogP contribution in [0.4, 0.5) is 11.4 Å². The Morgan fingerprint density at radius 1 is 0.950 bits per heavy atom. The predicted octanol–water partition coefficient (Wildman–Crippen LogP) is 3.14. The van der Waals surface area contributed by atoms with Gasteiger partial charge < -0.3 is 15.3 Å². The average molecular weight is 272 g/mol. The fraction of sp³-hybridized carbons (Fsp3) is 0.0714. The molecular formula is C14H12N2O4. The van der Waals surface area contributed by atoms with Crippen LogP contribution in [0.3, 0.4) is 0 Å². The fourth-order valence-corrected chi connectivity index (χ4v) is 1.57. The van der Waals surface area contributed by atoms with Crippen molar-refractivity contribution < 1.29 is 20.1 Å². The van der Waals surface area contributed by atoms with Gasteiger partial charge in [0.05, 0.1) is 17.8 Å². The van der Waals surface area contributed by atoms with Crippen molar-refractivity contribution in [2.45, 2.75) is 6.42 Å². The van der Waals surface area contributed by atoms with E-state index in [9.17, 15) is 9.90 Å². The lowest BCUT2D eigenvalue weighted by Gasteiger charge is -2.02. The van der Waals surface area contributed by atoms with Crippen LogP contribution in [0.1, 0.15) is 5.56 Å².